The van der Waals surface area contributed by atoms with E-state index in [2.05, 4.69) is 15.9 Å². The van der Waals surface area contributed by atoms with Gasteiger partial charge in [0.25, 0.3) is 0 Å². The lowest BCUT2D eigenvalue weighted by Crippen LogP contribution is -1.90. The molecule has 82 valence electrons. The molecule has 0 saturated heterocycles. The maximum Gasteiger partial charge on any atom is 0.315 e. The molecule has 0 heterocycles. The fraction of sp³-hybridized carbons (Fsp3) is 0.222. The van der Waals surface area contributed by atoms with Crippen molar-refractivity contribution < 1.29 is 8.98 Å². The number of carbonyl (C=O) groups is 1. The largest absolute Gasteiger partial charge is 0.386 e. The van der Waals surface area contributed by atoms with Crippen LogP contribution in [0.1, 0.15) is 6.92 Å². The molecule has 0 aliphatic heterocycles. The van der Waals surface area contributed by atoms with Crippen molar-refractivity contribution in [1.29, 1.82) is 0 Å². The van der Waals surface area contributed by atoms with E-state index < -0.39 is 0 Å². The molecule has 1 rings (SSSR count). The van der Waals surface area contributed by atoms with Gasteiger partial charge in [0.05, 0.1) is 22.0 Å². The van der Waals surface area contributed by atoms with Gasteiger partial charge in [-0.1, -0.05) is 11.6 Å². The highest BCUT2D eigenvalue weighted by atomic mass is 79.9. The monoisotopic (exact) mass is 326 g/mol. The van der Waals surface area contributed by atoms with Crippen LogP contribution in [0.5, 0.6) is 0 Å². The van der Waals surface area contributed by atoms with Crippen molar-refractivity contribution in [2.45, 2.75) is 16.7 Å². The van der Waals surface area contributed by atoms with Gasteiger partial charge in [0.15, 0.2) is 0 Å². The summed E-state index contributed by atoms with van der Waals surface area (Å²) in [5, 5.41) is 0.639. The third-order valence-corrected chi connectivity index (χ3v) is 4.66. The molecule has 0 spiro atoms. The second kappa shape index (κ2) is 6.03. The standard InChI is InChI=1S/C9H8BrClO2S2/c1-5(12)13-15-7-4-3-6(10)8(11)9(7)14-2/h3-4H,1-2H3. The molecule has 0 radical (unpaired) electrons. The lowest BCUT2D eigenvalue weighted by Gasteiger charge is -2.08. The molecule has 0 N–H and O–H groups in total. The molecule has 0 aliphatic carbocycles. The molecule has 0 bridgehead atoms. The smallest absolute Gasteiger partial charge is 0.315 e. The lowest BCUT2D eigenvalue weighted by molar-refractivity contribution is -0.130. The van der Waals surface area contributed by atoms with Crippen molar-refractivity contribution in [3.05, 3.63) is 21.6 Å². The van der Waals surface area contributed by atoms with Crippen LogP contribution in [0.25, 0.3) is 0 Å². The number of benzene rings is 1. The van der Waals surface area contributed by atoms with E-state index in [1.165, 1.54) is 18.7 Å². The molecule has 0 aliphatic rings. The third kappa shape index (κ3) is 3.59. The van der Waals surface area contributed by atoms with Gasteiger partial charge >= 0.3 is 5.97 Å². The maximum atomic E-state index is 10.7. The van der Waals surface area contributed by atoms with E-state index in [9.17, 15) is 4.79 Å². The summed E-state index contributed by atoms with van der Waals surface area (Å²) in [4.78, 5) is 12.4. The second-order valence-corrected chi connectivity index (χ2v) is 5.37. The van der Waals surface area contributed by atoms with E-state index >= 15 is 0 Å². The summed E-state index contributed by atoms with van der Waals surface area (Å²) in [7, 11) is 0. The molecule has 1 aromatic rings. The van der Waals surface area contributed by atoms with Gasteiger partial charge in [-0.2, -0.15) is 0 Å². The minimum Gasteiger partial charge on any atom is -0.386 e. The second-order valence-electron chi connectivity index (χ2n) is 2.55. The van der Waals surface area contributed by atoms with Crippen LogP contribution in [0.4, 0.5) is 0 Å². The summed E-state index contributed by atoms with van der Waals surface area (Å²) in [6.45, 7) is 1.37. The first kappa shape index (κ1) is 13.2. The van der Waals surface area contributed by atoms with Gasteiger partial charge in [-0.3, -0.25) is 4.79 Å². The minimum atomic E-state index is -0.328. The van der Waals surface area contributed by atoms with Gasteiger partial charge < -0.3 is 4.18 Å². The molecular formula is C9H8BrClO2S2. The molecular weight excluding hydrogens is 320 g/mol. The zero-order valence-corrected chi connectivity index (χ0v) is 12.0. The molecule has 0 amide bonds. The molecule has 0 atom stereocenters. The van der Waals surface area contributed by atoms with E-state index in [0.29, 0.717) is 5.02 Å². The topological polar surface area (TPSA) is 26.3 Å². The van der Waals surface area contributed by atoms with Crippen molar-refractivity contribution >= 4 is 57.3 Å². The lowest BCUT2D eigenvalue weighted by atomic mass is 10.4. The average molecular weight is 328 g/mol. The molecule has 1 aromatic carbocycles. The SMILES string of the molecule is CSc1c(SOC(C)=O)ccc(Br)c1Cl. The fourth-order valence-corrected chi connectivity index (χ4v) is 3.21. The van der Waals surface area contributed by atoms with E-state index in [-0.39, 0.29) is 5.97 Å². The Morgan fingerprint density at radius 2 is 2.20 bits per heavy atom. The maximum absolute atomic E-state index is 10.7. The van der Waals surface area contributed by atoms with E-state index in [0.717, 1.165) is 26.3 Å². The number of hydrogen-bond donors (Lipinski definition) is 0. The summed E-state index contributed by atoms with van der Waals surface area (Å²) < 4.78 is 5.69. The van der Waals surface area contributed by atoms with Crippen molar-refractivity contribution in [2.24, 2.45) is 0 Å². The molecule has 6 heteroatoms. The van der Waals surface area contributed by atoms with Crippen LogP contribution in [0.3, 0.4) is 0 Å². The Labute approximate surface area is 110 Å². The highest BCUT2D eigenvalue weighted by Gasteiger charge is 2.11. The molecule has 0 saturated carbocycles. The van der Waals surface area contributed by atoms with Crippen LogP contribution in [0, 0.1) is 0 Å². The summed E-state index contributed by atoms with van der Waals surface area (Å²) in [5.74, 6) is -0.328. The Morgan fingerprint density at radius 1 is 1.53 bits per heavy atom. The zero-order chi connectivity index (χ0) is 11.4. The van der Waals surface area contributed by atoms with Crippen molar-refractivity contribution in [3.63, 3.8) is 0 Å². The van der Waals surface area contributed by atoms with Gasteiger partial charge in [0.2, 0.25) is 0 Å². The first-order chi connectivity index (χ1) is 7.06. The number of hydrogen-bond acceptors (Lipinski definition) is 4. The Hall–Kier alpha value is 0.160. The van der Waals surface area contributed by atoms with Gasteiger partial charge in [-0.15, -0.1) is 11.8 Å². The van der Waals surface area contributed by atoms with Crippen molar-refractivity contribution in [2.75, 3.05) is 6.26 Å². The Morgan fingerprint density at radius 3 is 2.73 bits per heavy atom. The average Bonchev–Trinajstić information content (AvgIpc) is 2.19. The van der Waals surface area contributed by atoms with Crippen LogP contribution in [-0.2, 0) is 8.98 Å². The minimum absolute atomic E-state index is 0.328. The number of thioether (sulfide) groups is 1. The summed E-state index contributed by atoms with van der Waals surface area (Å²) >= 11 is 12.0. The quantitative estimate of drug-likeness (QED) is 0.607. The van der Waals surface area contributed by atoms with Gasteiger partial charge in [0.1, 0.15) is 0 Å². The van der Waals surface area contributed by atoms with Gasteiger partial charge in [-0.25, -0.2) is 0 Å². The highest BCUT2D eigenvalue weighted by Crippen LogP contribution is 2.39. The van der Waals surface area contributed by atoms with Crippen molar-refractivity contribution in [3.8, 4) is 0 Å². The molecule has 2 nitrogen and oxygen atoms in total. The normalized spacial score (nSPS) is 10.1. The van der Waals surface area contributed by atoms with Crippen LogP contribution in [0.2, 0.25) is 5.02 Å². The van der Waals surface area contributed by atoms with E-state index in [1.807, 2.05) is 18.4 Å². The van der Waals surface area contributed by atoms with Crippen LogP contribution < -0.4 is 0 Å². The molecule has 15 heavy (non-hydrogen) atoms. The van der Waals surface area contributed by atoms with Crippen molar-refractivity contribution in [1.82, 2.24) is 0 Å². The predicted molar refractivity (Wildman–Crippen MR) is 68.6 cm³/mol. The number of rotatable bonds is 3. The van der Waals surface area contributed by atoms with Crippen LogP contribution >= 0.6 is 51.3 Å². The fourth-order valence-electron chi connectivity index (χ4n) is 0.874. The van der Waals surface area contributed by atoms with E-state index in [4.69, 9.17) is 15.8 Å². The van der Waals surface area contributed by atoms with Gasteiger partial charge in [-0.05, 0) is 34.3 Å². The summed E-state index contributed by atoms with van der Waals surface area (Å²) in [6, 6.07) is 3.68. The Balaban J connectivity index is 2.97. The zero-order valence-electron chi connectivity index (χ0n) is 8.04. The molecule has 0 fully saturated rings. The predicted octanol–water partition coefficient (Wildman–Crippen LogP) is 4.39. The molecule has 0 unspecified atom stereocenters. The van der Waals surface area contributed by atoms with Gasteiger partial charge in [0, 0.05) is 16.3 Å². The third-order valence-electron chi connectivity index (χ3n) is 1.47. The Bertz CT molecular complexity index is 385. The van der Waals surface area contributed by atoms with Crippen LogP contribution in [-0.4, -0.2) is 12.2 Å². The van der Waals surface area contributed by atoms with E-state index in [1.54, 1.807) is 0 Å². The van der Waals surface area contributed by atoms with Crippen LogP contribution in [0.15, 0.2) is 26.4 Å². The number of halogens is 2. The first-order valence-electron chi connectivity index (χ1n) is 3.93. The Kier molecular flexibility index (Phi) is 5.32. The summed E-state index contributed by atoms with van der Waals surface area (Å²) in [5.41, 5.74) is 0. The first-order valence-corrected chi connectivity index (χ1v) is 7.07. The highest BCUT2D eigenvalue weighted by molar-refractivity contribution is 9.10. The molecule has 0 aromatic heterocycles. The number of carbonyl (C=O) groups excluding carboxylic acids is 1. The summed E-state index contributed by atoms with van der Waals surface area (Å²) in [6.07, 6.45) is 1.92.